The number of likely N-dealkylation sites (tertiary alicyclic amines) is 1. The van der Waals surface area contributed by atoms with Crippen LogP contribution in [0.25, 0.3) is 10.2 Å². The minimum atomic E-state index is -0.0918. The van der Waals surface area contributed by atoms with E-state index in [1.807, 2.05) is 32.2 Å². The molecule has 0 saturated carbocycles. The molecule has 0 atom stereocenters. The van der Waals surface area contributed by atoms with E-state index < -0.39 is 0 Å². The lowest BCUT2D eigenvalue weighted by molar-refractivity contribution is -0.898. The van der Waals surface area contributed by atoms with Gasteiger partial charge in [-0.05, 0) is 19.1 Å². The molecule has 1 aromatic carbocycles. The molecule has 2 aromatic rings. The molecule has 0 radical (unpaired) electrons. The molecule has 1 N–H and O–H groups in total. The minimum absolute atomic E-state index is 0.00530. The maximum Gasteiger partial charge on any atom is 0.309 e. The summed E-state index contributed by atoms with van der Waals surface area (Å²) in [5.41, 5.74) is 0.986. The third kappa shape index (κ3) is 4.59. The maximum absolute atomic E-state index is 12.5. The summed E-state index contributed by atoms with van der Waals surface area (Å²) < 4.78 is 6.25. The fourth-order valence-electron chi connectivity index (χ4n) is 3.33. The van der Waals surface area contributed by atoms with E-state index in [0.29, 0.717) is 19.7 Å². The second-order valence-electron chi connectivity index (χ2n) is 6.78. The van der Waals surface area contributed by atoms with Gasteiger partial charge in [0, 0.05) is 19.9 Å². The molecule has 2 heterocycles. The molecule has 1 aromatic heterocycles. The first kappa shape index (κ1) is 18.8. The van der Waals surface area contributed by atoms with E-state index in [1.54, 1.807) is 16.2 Å². The van der Waals surface area contributed by atoms with Gasteiger partial charge in [-0.2, -0.15) is 0 Å². The average Bonchev–Trinajstić information content (AvgIpc) is 3.04. The Morgan fingerprint density at radius 2 is 2.04 bits per heavy atom. The molecule has 0 spiro atoms. The predicted octanol–water partition coefficient (Wildman–Crippen LogP) is 1.11. The number of hydrogen-bond donors (Lipinski definition) is 1. The second-order valence-corrected chi connectivity index (χ2v) is 7.89. The van der Waals surface area contributed by atoms with E-state index >= 15 is 0 Å². The van der Waals surface area contributed by atoms with Gasteiger partial charge in [0.05, 0.1) is 42.4 Å². The lowest BCUT2D eigenvalue weighted by Gasteiger charge is -2.28. The van der Waals surface area contributed by atoms with Gasteiger partial charge in [-0.15, -0.1) is 11.3 Å². The molecular formula is C19H26N3O3S+. The molecule has 1 aliphatic rings. The van der Waals surface area contributed by atoms with Gasteiger partial charge in [0.15, 0.2) is 6.54 Å². The van der Waals surface area contributed by atoms with Crippen LogP contribution in [0.1, 0.15) is 24.8 Å². The molecule has 1 amide bonds. The van der Waals surface area contributed by atoms with Crippen LogP contribution >= 0.6 is 11.3 Å². The molecule has 6 nitrogen and oxygen atoms in total. The number of thiazole rings is 1. The number of nitrogens with zero attached hydrogens (tertiary/aromatic N) is 2. The van der Waals surface area contributed by atoms with Crippen molar-refractivity contribution < 1.29 is 19.2 Å². The molecule has 1 saturated heterocycles. The number of carbonyl (C=O) groups excluding carboxylic acids is 2. The standard InChI is InChI=1S/C19H25N3O3S/c1-3-25-19(24)14-8-10-22(11-9-14)13-18(23)21(2)12-17-20-15-6-4-5-7-16(15)26-17/h4-7,14H,3,8-13H2,1-2H3/p+1. The third-order valence-electron chi connectivity index (χ3n) is 4.85. The number of benzene rings is 1. The number of amides is 1. The molecular weight excluding hydrogens is 350 g/mol. The van der Waals surface area contributed by atoms with E-state index in [0.717, 1.165) is 41.2 Å². The largest absolute Gasteiger partial charge is 0.466 e. The number of ether oxygens (including phenoxy) is 1. The van der Waals surface area contributed by atoms with Gasteiger partial charge >= 0.3 is 5.97 Å². The zero-order valence-electron chi connectivity index (χ0n) is 15.4. The molecule has 140 valence electrons. The van der Waals surface area contributed by atoms with Gasteiger partial charge in [-0.3, -0.25) is 9.59 Å². The number of rotatable bonds is 6. The molecule has 0 bridgehead atoms. The first-order valence-corrected chi connectivity index (χ1v) is 9.97. The Morgan fingerprint density at radius 1 is 1.31 bits per heavy atom. The number of carbonyl (C=O) groups is 2. The number of fused-ring (bicyclic) bond motifs is 1. The predicted molar refractivity (Wildman–Crippen MR) is 101 cm³/mol. The molecule has 1 aliphatic heterocycles. The van der Waals surface area contributed by atoms with Crippen LogP contribution in [0, 0.1) is 5.92 Å². The summed E-state index contributed by atoms with van der Waals surface area (Å²) in [4.78, 5) is 31.9. The monoisotopic (exact) mass is 376 g/mol. The maximum atomic E-state index is 12.5. The van der Waals surface area contributed by atoms with Crippen molar-refractivity contribution in [3.8, 4) is 0 Å². The van der Waals surface area contributed by atoms with Crippen molar-refractivity contribution in [3.05, 3.63) is 29.3 Å². The number of hydrogen-bond acceptors (Lipinski definition) is 5. The van der Waals surface area contributed by atoms with Crippen LogP contribution in [0.5, 0.6) is 0 Å². The number of nitrogens with one attached hydrogen (secondary N) is 1. The first-order chi connectivity index (χ1) is 12.6. The van der Waals surface area contributed by atoms with Crippen LogP contribution in [-0.2, 0) is 20.9 Å². The summed E-state index contributed by atoms with van der Waals surface area (Å²) >= 11 is 1.63. The van der Waals surface area contributed by atoms with Crippen LogP contribution < -0.4 is 4.90 Å². The summed E-state index contributed by atoms with van der Waals surface area (Å²) in [5.74, 6) is 0.0222. The Labute approximate surface area is 157 Å². The Hall–Kier alpha value is -1.99. The van der Waals surface area contributed by atoms with Gasteiger partial charge in [0.2, 0.25) is 0 Å². The lowest BCUT2D eigenvalue weighted by atomic mass is 9.97. The summed E-state index contributed by atoms with van der Waals surface area (Å²) in [6, 6.07) is 8.03. The van der Waals surface area contributed by atoms with Crippen LogP contribution in [0.3, 0.4) is 0 Å². The highest BCUT2D eigenvalue weighted by molar-refractivity contribution is 7.18. The zero-order valence-corrected chi connectivity index (χ0v) is 16.2. The molecule has 3 rings (SSSR count). The summed E-state index contributed by atoms with van der Waals surface area (Å²) in [5, 5.41) is 0.957. The SMILES string of the molecule is CCOC(=O)C1CC[NH+](CC(=O)N(C)Cc2nc3ccccc3s2)CC1. The molecule has 0 unspecified atom stereocenters. The Morgan fingerprint density at radius 3 is 2.73 bits per heavy atom. The number of likely N-dealkylation sites (N-methyl/N-ethyl adjacent to an activating group) is 1. The van der Waals surface area contributed by atoms with Crippen molar-refractivity contribution in [1.29, 1.82) is 0 Å². The fourth-order valence-corrected chi connectivity index (χ4v) is 4.35. The number of esters is 1. The van der Waals surface area contributed by atoms with Gasteiger partial charge in [-0.25, -0.2) is 4.98 Å². The number of piperidine rings is 1. The van der Waals surface area contributed by atoms with Crippen molar-refractivity contribution in [3.63, 3.8) is 0 Å². The highest BCUT2D eigenvalue weighted by atomic mass is 32.1. The molecule has 0 aliphatic carbocycles. The summed E-state index contributed by atoms with van der Waals surface area (Å²) in [7, 11) is 1.83. The highest BCUT2D eigenvalue weighted by Crippen LogP contribution is 2.22. The van der Waals surface area contributed by atoms with Crippen molar-refractivity contribution >= 4 is 33.4 Å². The van der Waals surface area contributed by atoms with Crippen molar-refractivity contribution in [2.45, 2.75) is 26.3 Å². The van der Waals surface area contributed by atoms with E-state index in [2.05, 4.69) is 11.1 Å². The number of quaternary nitrogens is 1. The van der Waals surface area contributed by atoms with Gasteiger partial charge in [0.1, 0.15) is 5.01 Å². The minimum Gasteiger partial charge on any atom is -0.466 e. The fraction of sp³-hybridized carbons (Fsp3) is 0.526. The van der Waals surface area contributed by atoms with E-state index in [4.69, 9.17) is 4.74 Å². The van der Waals surface area contributed by atoms with Crippen molar-refractivity contribution in [2.24, 2.45) is 5.92 Å². The Bertz CT molecular complexity index is 735. The third-order valence-corrected chi connectivity index (χ3v) is 5.87. The van der Waals surface area contributed by atoms with Gasteiger partial charge < -0.3 is 14.5 Å². The Balaban J connectivity index is 1.48. The van der Waals surface area contributed by atoms with Crippen molar-refractivity contribution in [2.75, 3.05) is 33.3 Å². The average molecular weight is 377 g/mol. The summed E-state index contributed by atoms with van der Waals surface area (Å²) in [6.45, 7) is 4.95. The molecule has 7 heteroatoms. The highest BCUT2D eigenvalue weighted by Gasteiger charge is 2.30. The lowest BCUT2D eigenvalue weighted by Crippen LogP contribution is -3.14. The van der Waals surface area contributed by atoms with Crippen LogP contribution in [-0.4, -0.2) is 55.0 Å². The Kier molecular flexibility index (Phi) is 6.21. The zero-order chi connectivity index (χ0) is 18.5. The molecule has 26 heavy (non-hydrogen) atoms. The second kappa shape index (κ2) is 8.60. The topological polar surface area (TPSA) is 63.9 Å². The van der Waals surface area contributed by atoms with Gasteiger partial charge in [0.25, 0.3) is 5.91 Å². The summed E-state index contributed by atoms with van der Waals surface area (Å²) in [6.07, 6.45) is 1.59. The van der Waals surface area contributed by atoms with Crippen LogP contribution in [0.2, 0.25) is 0 Å². The first-order valence-electron chi connectivity index (χ1n) is 9.15. The normalized spacial score (nSPS) is 20.1. The van der Waals surface area contributed by atoms with Gasteiger partial charge in [-0.1, -0.05) is 12.1 Å². The molecule has 1 fully saturated rings. The van der Waals surface area contributed by atoms with E-state index in [9.17, 15) is 9.59 Å². The van der Waals surface area contributed by atoms with Crippen LogP contribution in [0.4, 0.5) is 0 Å². The number of para-hydroxylation sites is 1. The van der Waals surface area contributed by atoms with E-state index in [1.165, 1.54) is 4.90 Å². The van der Waals surface area contributed by atoms with E-state index in [-0.39, 0.29) is 17.8 Å². The smallest absolute Gasteiger partial charge is 0.309 e. The quantitative estimate of drug-likeness (QED) is 0.768. The van der Waals surface area contributed by atoms with Crippen molar-refractivity contribution in [1.82, 2.24) is 9.88 Å². The number of aromatic nitrogens is 1. The van der Waals surface area contributed by atoms with Crippen LogP contribution in [0.15, 0.2) is 24.3 Å².